The lowest BCUT2D eigenvalue weighted by Crippen LogP contribution is -2.11. The molecule has 2 rings (SSSR count). The van der Waals surface area contributed by atoms with E-state index in [4.69, 9.17) is 0 Å². The Bertz CT molecular complexity index is 647. The number of hydrogen-bond acceptors (Lipinski definition) is 3. The van der Waals surface area contributed by atoms with Crippen LogP contribution in [0.2, 0.25) is 0 Å². The molecule has 0 saturated carbocycles. The third-order valence-corrected chi connectivity index (χ3v) is 3.37. The fourth-order valence-corrected chi connectivity index (χ4v) is 2.34. The molecule has 1 aromatic carbocycles. The van der Waals surface area contributed by atoms with Crippen LogP contribution in [-0.4, -0.2) is 27.4 Å². The van der Waals surface area contributed by atoms with Crippen molar-refractivity contribution < 1.29 is 9.90 Å². The standard InChI is InChI=1S/C16H21N3O2/c1-11-5-6-15(14(9-11)16(20)21)17-7-4-8-19-13(3)10-12(2)18-19/h5-6,9-10,17H,4,7-8H2,1-3H3,(H,20,21). The zero-order valence-corrected chi connectivity index (χ0v) is 12.7. The Hall–Kier alpha value is -2.30. The van der Waals surface area contributed by atoms with Crippen molar-refractivity contribution in [3.63, 3.8) is 0 Å². The maximum Gasteiger partial charge on any atom is 0.337 e. The van der Waals surface area contributed by atoms with E-state index in [2.05, 4.69) is 16.5 Å². The summed E-state index contributed by atoms with van der Waals surface area (Å²) in [4.78, 5) is 11.2. The van der Waals surface area contributed by atoms with Crippen LogP contribution in [0.25, 0.3) is 0 Å². The van der Waals surface area contributed by atoms with Gasteiger partial charge in [-0.1, -0.05) is 11.6 Å². The van der Waals surface area contributed by atoms with Gasteiger partial charge >= 0.3 is 5.97 Å². The molecule has 0 saturated heterocycles. The van der Waals surface area contributed by atoms with Gasteiger partial charge in [0.15, 0.2) is 0 Å². The summed E-state index contributed by atoms with van der Waals surface area (Å²) in [5.74, 6) is -0.903. The fourth-order valence-electron chi connectivity index (χ4n) is 2.34. The lowest BCUT2D eigenvalue weighted by Gasteiger charge is -2.11. The van der Waals surface area contributed by atoms with E-state index in [1.54, 1.807) is 6.07 Å². The summed E-state index contributed by atoms with van der Waals surface area (Å²) in [5.41, 5.74) is 4.10. The quantitative estimate of drug-likeness (QED) is 0.801. The molecule has 0 fully saturated rings. The number of aromatic carboxylic acids is 1. The van der Waals surface area contributed by atoms with Gasteiger partial charge in [-0.3, -0.25) is 4.68 Å². The zero-order valence-electron chi connectivity index (χ0n) is 12.7. The Balaban J connectivity index is 1.92. The Kier molecular flexibility index (Phi) is 4.62. The summed E-state index contributed by atoms with van der Waals surface area (Å²) in [6, 6.07) is 7.47. The molecule has 0 spiro atoms. The second kappa shape index (κ2) is 6.43. The maximum atomic E-state index is 11.2. The van der Waals surface area contributed by atoms with E-state index in [-0.39, 0.29) is 0 Å². The Labute approximate surface area is 124 Å². The van der Waals surface area contributed by atoms with Crippen molar-refractivity contribution in [2.24, 2.45) is 0 Å². The largest absolute Gasteiger partial charge is 0.478 e. The van der Waals surface area contributed by atoms with Crippen LogP contribution in [0.1, 0.15) is 33.7 Å². The van der Waals surface area contributed by atoms with E-state index >= 15 is 0 Å². The first-order valence-electron chi connectivity index (χ1n) is 7.06. The van der Waals surface area contributed by atoms with Crippen LogP contribution in [0.5, 0.6) is 0 Å². The SMILES string of the molecule is Cc1ccc(NCCCn2nc(C)cc2C)c(C(=O)O)c1. The molecule has 0 aliphatic rings. The third kappa shape index (κ3) is 3.84. The minimum absolute atomic E-state index is 0.320. The summed E-state index contributed by atoms with van der Waals surface area (Å²) in [5, 5.41) is 16.8. The summed E-state index contributed by atoms with van der Waals surface area (Å²) in [6.45, 7) is 7.44. The molecule has 5 heteroatoms. The molecule has 0 radical (unpaired) electrons. The molecule has 0 amide bonds. The number of nitrogens with zero attached hydrogens (tertiary/aromatic N) is 2. The molecule has 1 aromatic heterocycles. The summed E-state index contributed by atoms with van der Waals surface area (Å²) < 4.78 is 1.98. The zero-order chi connectivity index (χ0) is 15.4. The Morgan fingerprint density at radius 2 is 2.05 bits per heavy atom. The van der Waals surface area contributed by atoms with Gasteiger partial charge in [0, 0.05) is 24.5 Å². The van der Waals surface area contributed by atoms with E-state index in [1.165, 1.54) is 0 Å². The number of carbonyl (C=O) groups is 1. The predicted molar refractivity (Wildman–Crippen MR) is 82.9 cm³/mol. The van der Waals surface area contributed by atoms with Crippen molar-refractivity contribution in [2.45, 2.75) is 33.7 Å². The molecule has 0 aliphatic heterocycles. The molecule has 0 aliphatic carbocycles. The number of aromatic nitrogens is 2. The van der Waals surface area contributed by atoms with Crippen molar-refractivity contribution >= 4 is 11.7 Å². The van der Waals surface area contributed by atoms with Crippen LogP contribution in [0, 0.1) is 20.8 Å². The highest BCUT2D eigenvalue weighted by molar-refractivity contribution is 5.94. The topological polar surface area (TPSA) is 67.2 Å². The van der Waals surface area contributed by atoms with Crippen molar-refractivity contribution in [1.29, 1.82) is 0 Å². The average molecular weight is 287 g/mol. The number of aryl methyl sites for hydroxylation is 4. The number of benzene rings is 1. The number of hydrogen-bond donors (Lipinski definition) is 2. The van der Waals surface area contributed by atoms with Gasteiger partial charge in [-0.05, 0) is 45.4 Å². The highest BCUT2D eigenvalue weighted by Gasteiger charge is 2.09. The first-order chi connectivity index (χ1) is 9.97. The van der Waals surface area contributed by atoms with Crippen LogP contribution in [0.15, 0.2) is 24.3 Å². The number of carboxylic acids is 1. The number of carboxylic acid groups (broad SMARTS) is 1. The van der Waals surface area contributed by atoms with Crippen molar-refractivity contribution in [3.8, 4) is 0 Å². The lowest BCUT2D eigenvalue weighted by molar-refractivity contribution is 0.0698. The number of rotatable bonds is 6. The lowest BCUT2D eigenvalue weighted by atomic mass is 10.1. The molecule has 112 valence electrons. The van der Waals surface area contributed by atoms with Crippen LogP contribution in [0.4, 0.5) is 5.69 Å². The second-order valence-corrected chi connectivity index (χ2v) is 5.28. The molecule has 5 nitrogen and oxygen atoms in total. The van der Waals surface area contributed by atoms with E-state index in [9.17, 15) is 9.90 Å². The van der Waals surface area contributed by atoms with Crippen molar-refractivity contribution in [1.82, 2.24) is 9.78 Å². The van der Waals surface area contributed by atoms with Gasteiger partial charge in [-0.15, -0.1) is 0 Å². The van der Waals surface area contributed by atoms with Crippen molar-refractivity contribution in [3.05, 3.63) is 46.8 Å². The highest BCUT2D eigenvalue weighted by Crippen LogP contribution is 2.17. The smallest absolute Gasteiger partial charge is 0.337 e. The maximum absolute atomic E-state index is 11.2. The third-order valence-electron chi connectivity index (χ3n) is 3.37. The van der Waals surface area contributed by atoms with E-state index in [1.807, 2.05) is 37.6 Å². The number of nitrogens with one attached hydrogen (secondary N) is 1. The summed E-state index contributed by atoms with van der Waals surface area (Å²) >= 11 is 0. The van der Waals surface area contributed by atoms with Gasteiger partial charge in [-0.2, -0.15) is 5.10 Å². The predicted octanol–water partition coefficient (Wildman–Crippen LogP) is 3.01. The summed E-state index contributed by atoms with van der Waals surface area (Å²) in [6.07, 6.45) is 0.884. The molecule has 2 aromatic rings. The van der Waals surface area contributed by atoms with Gasteiger partial charge in [0.25, 0.3) is 0 Å². The highest BCUT2D eigenvalue weighted by atomic mass is 16.4. The van der Waals surface area contributed by atoms with Gasteiger partial charge in [0.05, 0.1) is 11.3 Å². The van der Waals surface area contributed by atoms with E-state index in [0.717, 1.165) is 29.9 Å². The molecule has 1 heterocycles. The normalized spacial score (nSPS) is 10.6. The average Bonchev–Trinajstić information content (AvgIpc) is 2.74. The Morgan fingerprint density at radius 1 is 1.29 bits per heavy atom. The molecule has 21 heavy (non-hydrogen) atoms. The summed E-state index contributed by atoms with van der Waals surface area (Å²) in [7, 11) is 0. The number of anilines is 1. The van der Waals surface area contributed by atoms with E-state index in [0.29, 0.717) is 17.8 Å². The van der Waals surface area contributed by atoms with Crippen LogP contribution in [-0.2, 0) is 6.54 Å². The first-order valence-corrected chi connectivity index (χ1v) is 7.06. The van der Waals surface area contributed by atoms with E-state index < -0.39 is 5.97 Å². The van der Waals surface area contributed by atoms with Crippen molar-refractivity contribution in [2.75, 3.05) is 11.9 Å². The second-order valence-electron chi connectivity index (χ2n) is 5.28. The fraction of sp³-hybridized carbons (Fsp3) is 0.375. The first kappa shape index (κ1) is 15.1. The molecular weight excluding hydrogens is 266 g/mol. The van der Waals surface area contributed by atoms with Crippen LogP contribution < -0.4 is 5.32 Å². The molecule has 2 N–H and O–H groups in total. The molecule has 0 unspecified atom stereocenters. The Morgan fingerprint density at radius 3 is 2.67 bits per heavy atom. The molecule has 0 atom stereocenters. The van der Waals surface area contributed by atoms with Gasteiger partial charge < -0.3 is 10.4 Å². The van der Waals surface area contributed by atoms with Gasteiger partial charge in [0.2, 0.25) is 0 Å². The van der Waals surface area contributed by atoms with Crippen LogP contribution >= 0.6 is 0 Å². The van der Waals surface area contributed by atoms with Gasteiger partial charge in [0.1, 0.15) is 0 Å². The van der Waals surface area contributed by atoms with Gasteiger partial charge in [-0.25, -0.2) is 4.79 Å². The van der Waals surface area contributed by atoms with Crippen LogP contribution in [0.3, 0.4) is 0 Å². The minimum atomic E-state index is -0.903. The minimum Gasteiger partial charge on any atom is -0.478 e. The molecule has 0 bridgehead atoms. The monoisotopic (exact) mass is 287 g/mol. The molecular formula is C16H21N3O2.